The smallest absolute Gasteiger partial charge is 0.336 e. The molecule has 0 unspecified atom stereocenters. The van der Waals surface area contributed by atoms with Gasteiger partial charge in [0.25, 0.3) is 17.5 Å². The first-order valence-corrected chi connectivity index (χ1v) is 9.02. The largest absolute Gasteiger partial charge is 0.457 e. The summed E-state index contributed by atoms with van der Waals surface area (Å²) >= 11 is 0. The highest BCUT2D eigenvalue weighted by molar-refractivity contribution is 6.39. The number of nitro benzene ring substituents is 1. The third-order valence-corrected chi connectivity index (χ3v) is 4.62. The molecule has 0 saturated carbocycles. The van der Waals surface area contributed by atoms with E-state index in [4.69, 9.17) is 4.42 Å². The van der Waals surface area contributed by atoms with Crippen LogP contribution in [0.1, 0.15) is 11.3 Å². The normalized spacial score (nSPS) is 15.3. The van der Waals surface area contributed by atoms with E-state index in [2.05, 4.69) is 10.3 Å². The highest BCUT2D eigenvalue weighted by Gasteiger charge is 2.37. The van der Waals surface area contributed by atoms with E-state index in [1.165, 1.54) is 42.7 Å². The fraction of sp³-hybridized carbons (Fsp3) is 0.0476. The summed E-state index contributed by atoms with van der Waals surface area (Å²) in [7, 11) is 0. The number of carbonyl (C=O) groups excluding carboxylic acids is 3. The maximum absolute atomic E-state index is 12.8. The first kappa shape index (κ1) is 19.7. The average Bonchev–Trinajstić information content (AvgIpc) is 3.20. The van der Waals surface area contributed by atoms with Crippen molar-refractivity contribution >= 4 is 35.3 Å². The monoisotopic (exact) mass is 418 g/mol. The SMILES string of the molecule is Cc1ccc([N+](=O)[O-])cc1-c1ccc(/C=C2\C(=O)NC(=O)N(c3cccnc3)C2=O)o1. The predicted molar refractivity (Wildman–Crippen MR) is 109 cm³/mol. The molecule has 154 valence electrons. The number of pyridine rings is 1. The van der Waals surface area contributed by atoms with Crippen LogP contribution in [-0.4, -0.2) is 27.8 Å². The molecule has 10 heteroatoms. The standard InChI is InChI=1S/C21H14N4O6/c1-12-4-5-13(25(29)30)9-16(12)18-7-6-15(31-18)10-17-19(26)23-21(28)24(20(17)27)14-3-2-8-22-11-14/h2-11H,1H3,(H,23,26,28)/b17-10+. The Labute approximate surface area is 175 Å². The molecule has 10 nitrogen and oxygen atoms in total. The van der Waals surface area contributed by atoms with E-state index in [9.17, 15) is 24.5 Å². The highest BCUT2D eigenvalue weighted by atomic mass is 16.6. The summed E-state index contributed by atoms with van der Waals surface area (Å²) in [5.41, 5.74) is 1.06. The van der Waals surface area contributed by atoms with Crippen molar-refractivity contribution in [1.29, 1.82) is 0 Å². The lowest BCUT2D eigenvalue weighted by molar-refractivity contribution is -0.384. The Balaban J connectivity index is 1.69. The van der Waals surface area contributed by atoms with Crippen molar-refractivity contribution in [2.24, 2.45) is 0 Å². The number of barbiturate groups is 1. The number of aromatic nitrogens is 1. The molecule has 1 fully saturated rings. The molecule has 0 aliphatic carbocycles. The summed E-state index contributed by atoms with van der Waals surface area (Å²) in [4.78, 5) is 52.5. The van der Waals surface area contributed by atoms with Gasteiger partial charge in [0.1, 0.15) is 17.1 Å². The Hall–Kier alpha value is -4.60. The fourth-order valence-corrected chi connectivity index (χ4v) is 3.08. The Kier molecular flexibility index (Phi) is 4.88. The number of non-ortho nitro benzene ring substituents is 1. The minimum atomic E-state index is -0.882. The van der Waals surface area contributed by atoms with Crippen LogP contribution in [0.4, 0.5) is 16.2 Å². The van der Waals surface area contributed by atoms with E-state index < -0.39 is 22.8 Å². The molecule has 3 heterocycles. The number of nitro groups is 1. The summed E-state index contributed by atoms with van der Waals surface area (Å²) in [6.07, 6.45) is 4.02. The first-order valence-electron chi connectivity index (χ1n) is 9.02. The number of imide groups is 2. The van der Waals surface area contributed by atoms with E-state index in [1.54, 1.807) is 25.1 Å². The molecule has 0 bridgehead atoms. The van der Waals surface area contributed by atoms with Crippen LogP contribution in [0, 0.1) is 17.0 Å². The Morgan fingerprint density at radius 2 is 1.97 bits per heavy atom. The van der Waals surface area contributed by atoms with Gasteiger partial charge in [-0.15, -0.1) is 0 Å². The average molecular weight is 418 g/mol. The van der Waals surface area contributed by atoms with Crippen LogP contribution in [0.3, 0.4) is 0 Å². The molecule has 0 radical (unpaired) electrons. The van der Waals surface area contributed by atoms with E-state index in [1.807, 2.05) is 0 Å². The zero-order valence-corrected chi connectivity index (χ0v) is 16.1. The number of nitrogens with one attached hydrogen (secondary N) is 1. The minimum Gasteiger partial charge on any atom is -0.457 e. The van der Waals surface area contributed by atoms with Crippen LogP contribution in [0.15, 0.2) is 64.8 Å². The molecule has 1 aliphatic rings. The van der Waals surface area contributed by atoms with E-state index in [-0.39, 0.29) is 22.7 Å². The van der Waals surface area contributed by atoms with Gasteiger partial charge in [0.15, 0.2) is 0 Å². The van der Waals surface area contributed by atoms with Gasteiger partial charge in [-0.3, -0.25) is 30.0 Å². The van der Waals surface area contributed by atoms with Crippen molar-refractivity contribution in [3.8, 4) is 11.3 Å². The third-order valence-electron chi connectivity index (χ3n) is 4.62. The second-order valence-electron chi connectivity index (χ2n) is 6.63. The second kappa shape index (κ2) is 7.67. The zero-order valence-electron chi connectivity index (χ0n) is 16.1. The lowest BCUT2D eigenvalue weighted by atomic mass is 10.1. The molecule has 1 aromatic carbocycles. The van der Waals surface area contributed by atoms with Gasteiger partial charge in [0, 0.05) is 23.9 Å². The number of aryl methyl sites for hydroxylation is 1. The summed E-state index contributed by atoms with van der Waals surface area (Å²) in [6, 6.07) is 9.65. The Morgan fingerprint density at radius 1 is 1.16 bits per heavy atom. The van der Waals surface area contributed by atoms with Crippen LogP contribution in [0.5, 0.6) is 0 Å². The molecule has 3 aromatic rings. The van der Waals surface area contributed by atoms with Crippen molar-refractivity contribution < 1.29 is 23.7 Å². The molecule has 0 atom stereocenters. The summed E-state index contributed by atoms with van der Waals surface area (Å²) in [6.45, 7) is 1.77. The number of benzene rings is 1. The quantitative estimate of drug-likeness (QED) is 0.297. The van der Waals surface area contributed by atoms with Crippen LogP contribution in [-0.2, 0) is 9.59 Å². The van der Waals surface area contributed by atoms with Gasteiger partial charge < -0.3 is 4.42 Å². The molecule has 1 saturated heterocycles. The number of hydrogen-bond donors (Lipinski definition) is 1. The molecular weight excluding hydrogens is 404 g/mol. The van der Waals surface area contributed by atoms with Gasteiger partial charge in [-0.05, 0) is 42.8 Å². The summed E-state index contributed by atoms with van der Waals surface area (Å²) in [5.74, 6) is -1.19. The van der Waals surface area contributed by atoms with Gasteiger partial charge in [-0.2, -0.15) is 0 Å². The van der Waals surface area contributed by atoms with Crippen molar-refractivity contribution in [2.45, 2.75) is 6.92 Å². The maximum atomic E-state index is 12.8. The van der Waals surface area contributed by atoms with Crippen molar-refractivity contribution in [2.75, 3.05) is 4.90 Å². The van der Waals surface area contributed by atoms with Gasteiger partial charge in [0.05, 0.1) is 16.8 Å². The first-order chi connectivity index (χ1) is 14.8. The number of anilines is 1. The lowest BCUT2D eigenvalue weighted by Gasteiger charge is -2.25. The number of nitrogens with zero attached hydrogens (tertiary/aromatic N) is 3. The van der Waals surface area contributed by atoms with Crippen LogP contribution >= 0.6 is 0 Å². The maximum Gasteiger partial charge on any atom is 0.336 e. The number of carbonyl (C=O) groups is 3. The number of urea groups is 1. The number of rotatable bonds is 4. The molecular formula is C21H14N4O6. The van der Waals surface area contributed by atoms with Crippen molar-refractivity contribution in [1.82, 2.24) is 10.3 Å². The van der Waals surface area contributed by atoms with E-state index >= 15 is 0 Å². The third kappa shape index (κ3) is 3.69. The number of hydrogen-bond acceptors (Lipinski definition) is 7. The highest BCUT2D eigenvalue weighted by Crippen LogP contribution is 2.30. The fourth-order valence-electron chi connectivity index (χ4n) is 3.08. The van der Waals surface area contributed by atoms with Gasteiger partial charge in [0.2, 0.25) is 0 Å². The Bertz CT molecular complexity index is 1260. The minimum absolute atomic E-state index is 0.0932. The molecule has 1 aliphatic heterocycles. The molecule has 31 heavy (non-hydrogen) atoms. The zero-order chi connectivity index (χ0) is 22.1. The van der Waals surface area contributed by atoms with Crippen LogP contribution in [0.25, 0.3) is 17.4 Å². The number of amides is 4. The molecule has 4 rings (SSSR count). The van der Waals surface area contributed by atoms with Gasteiger partial charge in [-0.1, -0.05) is 6.07 Å². The predicted octanol–water partition coefficient (Wildman–Crippen LogP) is 3.22. The van der Waals surface area contributed by atoms with E-state index in [0.717, 1.165) is 10.5 Å². The number of furan rings is 1. The van der Waals surface area contributed by atoms with Crippen molar-refractivity contribution in [3.63, 3.8) is 0 Å². The molecule has 4 amide bonds. The second-order valence-corrected chi connectivity index (χ2v) is 6.63. The molecule has 0 spiro atoms. The van der Waals surface area contributed by atoms with Gasteiger partial charge >= 0.3 is 6.03 Å². The van der Waals surface area contributed by atoms with Crippen molar-refractivity contribution in [3.05, 3.63) is 81.9 Å². The topological polar surface area (TPSA) is 136 Å². The van der Waals surface area contributed by atoms with Crippen LogP contribution < -0.4 is 10.2 Å². The molecule has 2 aromatic heterocycles. The summed E-state index contributed by atoms with van der Waals surface area (Å²) < 4.78 is 5.71. The van der Waals surface area contributed by atoms with E-state index in [0.29, 0.717) is 11.3 Å². The summed E-state index contributed by atoms with van der Waals surface area (Å²) in [5, 5.41) is 13.2. The lowest BCUT2D eigenvalue weighted by Crippen LogP contribution is -2.54. The molecule has 1 N–H and O–H groups in total. The van der Waals surface area contributed by atoms with Crippen LogP contribution in [0.2, 0.25) is 0 Å². The van der Waals surface area contributed by atoms with Gasteiger partial charge in [-0.25, -0.2) is 9.69 Å². The Morgan fingerprint density at radius 3 is 2.68 bits per heavy atom.